The van der Waals surface area contributed by atoms with Gasteiger partial charge in [0.05, 0.1) is 10.9 Å². The normalized spacial score (nSPS) is 10.1. The third-order valence-electron chi connectivity index (χ3n) is 2.13. The quantitative estimate of drug-likeness (QED) is 0.884. The number of carbonyl (C=O) groups excluding carboxylic acids is 1. The molecule has 1 aromatic carbocycles. The third kappa shape index (κ3) is 2.66. The van der Waals surface area contributed by atoms with Crippen LogP contribution in [0.4, 0.5) is 0 Å². The summed E-state index contributed by atoms with van der Waals surface area (Å²) in [5, 5.41) is 4.55. The van der Waals surface area contributed by atoms with E-state index in [1.165, 1.54) is 6.07 Å². The molecule has 0 radical (unpaired) electrons. The summed E-state index contributed by atoms with van der Waals surface area (Å²) >= 11 is 5.87. The SMILES string of the molecule is Cl.NCCOc1noc2c(C(N)=O)cc(Cl)cc12. The smallest absolute Gasteiger partial charge is 0.262 e. The number of ether oxygens (including phenoxy) is 1. The molecule has 8 heteroatoms. The van der Waals surface area contributed by atoms with E-state index in [1.54, 1.807) is 6.07 Å². The van der Waals surface area contributed by atoms with Crippen molar-refractivity contribution in [1.82, 2.24) is 5.16 Å². The second kappa shape index (κ2) is 5.90. The van der Waals surface area contributed by atoms with E-state index in [0.29, 0.717) is 23.6 Å². The topological polar surface area (TPSA) is 104 Å². The lowest BCUT2D eigenvalue weighted by atomic mass is 10.1. The van der Waals surface area contributed by atoms with Crippen LogP contribution in [0.5, 0.6) is 5.88 Å². The molecule has 1 heterocycles. The number of primary amides is 1. The summed E-state index contributed by atoms with van der Waals surface area (Å²) in [4.78, 5) is 11.2. The number of rotatable bonds is 4. The lowest BCUT2D eigenvalue weighted by Crippen LogP contribution is -2.11. The summed E-state index contributed by atoms with van der Waals surface area (Å²) in [7, 11) is 0. The number of nitrogens with zero attached hydrogens (tertiary/aromatic N) is 1. The van der Waals surface area contributed by atoms with E-state index in [0.717, 1.165) is 0 Å². The van der Waals surface area contributed by atoms with Crippen LogP contribution in [-0.2, 0) is 0 Å². The van der Waals surface area contributed by atoms with Gasteiger partial charge in [-0.1, -0.05) is 11.6 Å². The fourth-order valence-electron chi connectivity index (χ4n) is 1.43. The van der Waals surface area contributed by atoms with Gasteiger partial charge in [0.15, 0.2) is 5.58 Å². The van der Waals surface area contributed by atoms with Gasteiger partial charge in [-0.2, -0.15) is 0 Å². The van der Waals surface area contributed by atoms with Crippen molar-refractivity contribution in [3.8, 4) is 5.88 Å². The van der Waals surface area contributed by atoms with Gasteiger partial charge in [0, 0.05) is 11.6 Å². The van der Waals surface area contributed by atoms with Crippen LogP contribution in [0.25, 0.3) is 11.0 Å². The molecule has 4 N–H and O–H groups in total. The molecular weight excluding hydrogens is 281 g/mol. The van der Waals surface area contributed by atoms with Crippen LogP contribution in [0.15, 0.2) is 16.7 Å². The lowest BCUT2D eigenvalue weighted by Gasteiger charge is -2.00. The van der Waals surface area contributed by atoms with Crippen LogP contribution in [0.1, 0.15) is 10.4 Å². The Labute approximate surface area is 114 Å². The number of amides is 1. The molecule has 0 atom stereocenters. The zero-order valence-electron chi connectivity index (χ0n) is 9.18. The van der Waals surface area contributed by atoms with Crippen LogP contribution >= 0.6 is 24.0 Å². The average Bonchev–Trinajstić information content (AvgIpc) is 2.68. The lowest BCUT2D eigenvalue weighted by molar-refractivity contribution is 0.100. The number of nitrogens with two attached hydrogens (primary N) is 2. The van der Waals surface area contributed by atoms with E-state index in [9.17, 15) is 4.79 Å². The Morgan fingerprint density at radius 2 is 2.22 bits per heavy atom. The second-order valence-electron chi connectivity index (χ2n) is 3.32. The molecule has 0 aliphatic heterocycles. The highest BCUT2D eigenvalue weighted by Gasteiger charge is 2.17. The molecule has 0 saturated heterocycles. The van der Waals surface area contributed by atoms with Gasteiger partial charge in [0.2, 0.25) is 0 Å². The van der Waals surface area contributed by atoms with Gasteiger partial charge in [0.25, 0.3) is 11.8 Å². The Morgan fingerprint density at radius 1 is 1.50 bits per heavy atom. The molecule has 2 rings (SSSR count). The van der Waals surface area contributed by atoms with Crippen LogP contribution in [0.3, 0.4) is 0 Å². The highest BCUT2D eigenvalue weighted by Crippen LogP contribution is 2.30. The summed E-state index contributed by atoms with van der Waals surface area (Å²) in [6.07, 6.45) is 0. The van der Waals surface area contributed by atoms with E-state index in [2.05, 4.69) is 5.16 Å². The fourth-order valence-corrected chi connectivity index (χ4v) is 1.65. The van der Waals surface area contributed by atoms with Crippen LogP contribution in [0, 0.1) is 0 Å². The zero-order valence-corrected chi connectivity index (χ0v) is 10.8. The molecule has 0 aliphatic rings. The van der Waals surface area contributed by atoms with Crippen molar-refractivity contribution in [2.45, 2.75) is 0 Å². The van der Waals surface area contributed by atoms with Gasteiger partial charge < -0.3 is 20.7 Å². The first-order valence-corrected chi connectivity index (χ1v) is 5.23. The zero-order chi connectivity index (χ0) is 12.4. The number of benzene rings is 1. The van der Waals surface area contributed by atoms with Crippen molar-refractivity contribution in [3.05, 3.63) is 22.7 Å². The number of halogens is 2. The third-order valence-corrected chi connectivity index (χ3v) is 2.34. The average molecular weight is 292 g/mol. The number of hydrogen-bond acceptors (Lipinski definition) is 5. The van der Waals surface area contributed by atoms with Gasteiger partial charge in [-0.25, -0.2) is 0 Å². The monoisotopic (exact) mass is 291 g/mol. The van der Waals surface area contributed by atoms with Crippen LogP contribution in [-0.4, -0.2) is 24.2 Å². The van der Waals surface area contributed by atoms with Crippen LogP contribution in [0.2, 0.25) is 5.02 Å². The first-order chi connectivity index (χ1) is 8.13. The molecule has 98 valence electrons. The van der Waals surface area contributed by atoms with Crippen LogP contribution < -0.4 is 16.2 Å². The molecule has 0 saturated carbocycles. The summed E-state index contributed by atoms with van der Waals surface area (Å²) in [5.74, 6) is -0.394. The number of fused-ring (bicyclic) bond motifs is 1. The van der Waals surface area contributed by atoms with E-state index >= 15 is 0 Å². The Morgan fingerprint density at radius 3 is 2.83 bits per heavy atom. The maximum absolute atomic E-state index is 11.2. The molecule has 18 heavy (non-hydrogen) atoms. The van der Waals surface area contributed by atoms with Crippen molar-refractivity contribution in [3.63, 3.8) is 0 Å². The molecule has 6 nitrogen and oxygen atoms in total. The van der Waals surface area contributed by atoms with E-state index in [4.69, 9.17) is 32.3 Å². The van der Waals surface area contributed by atoms with Gasteiger partial charge >= 0.3 is 0 Å². The number of hydrogen-bond donors (Lipinski definition) is 2. The maximum Gasteiger partial charge on any atom is 0.262 e. The minimum Gasteiger partial charge on any atom is -0.474 e. The van der Waals surface area contributed by atoms with Crippen molar-refractivity contribution in [2.24, 2.45) is 11.5 Å². The summed E-state index contributed by atoms with van der Waals surface area (Å²) in [6.45, 7) is 0.637. The van der Waals surface area contributed by atoms with Gasteiger partial charge in [-0.15, -0.1) is 12.4 Å². The predicted octanol–water partition coefficient (Wildman–Crippen LogP) is 1.34. The molecule has 0 unspecified atom stereocenters. The van der Waals surface area contributed by atoms with E-state index in [-0.39, 0.29) is 29.4 Å². The summed E-state index contributed by atoms with van der Waals surface area (Å²) in [6, 6.07) is 3.01. The number of aromatic nitrogens is 1. The fraction of sp³-hybridized carbons (Fsp3) is 0.200. The van der Waals surface area contributed by atoms with Crippen molar-refractivity contribution < 1.29 is 14.1 Å². The first kappa shape index (κ1) is 14.6. The van der Waals surface area contributed by atoms with Gasteiger partial charge in [-0.05, 0) is 17.3 Å². The Kier molecular flexibility index (Phi) is 4.77. The molecule has 2 aromatic rings. The molecule has 0 fully saturated rings. The highest BCUT2D eigenvalue weighted by atomic mass is 35.5. The second-order valence-corrected chi connectivity index (χ2v) is 3.76. The summed E-state index contributed by atoms with van der Waals surface area (Å²) < 4.78 is 10.3. The molecule has 0 aliphatic carbocycles. The Bertz CT molecular complexity index is 571. The standard InChI is InChI=1S/C10H10ClN3O3.ClH/c11-5-3-6(9(13)15)8-7(4-5)10(14-17-8)16-2-1-12;/h3-4H,1-2,12H2,(H2,13,15);1H. The van der Waals surface area contributed by atoms with E-state index in [1.807, 2.05) is 0 Å². The molecular formula is C10H11Cl2N3O3. The van der Waals surface area contributed by atoms with Crippen molar-refractivity contribution in [1.29, 1.82) is 0 Å². The summed E-state index contributed by atoms with van der Waals surface area (Å²) in [5.41, 5.74) is 11.0. The number of carbonyl (C=O) groups is 1. The molecule has 1 aromatic heterocycles. The van der Waals surface area contributed by atoms with Crippen molar-refractivity contribution >= 4 is 40.9 Å². The Balaban J connectivity index is 0.00000162. The molecule has 0 bridgehead atoms. The van der Waals surface area contributed by atoms with Crippen molar-refractivity contribution in [2.75, 3.05) is 13.2 Å². The van der Waals surface area contributed by atoms with Gasteiger partial charge in [-0.3, -0.25) is 4.79 Å². The predicted molar refractivity (Wildman–Crippen MR) is 69.3 cm³/mol. The minimum atomic E-state index is -0.640. The Hall–Kier alpha value is -1.50. The maximum atomic E-state index is 11.2. The largest absolute Gasteiger partial charge is 0.474 e. The van der Waals surface area contributed by atoms with Gasteiger partial charge in [0.1, 0.15) is 6.61 Å². The highest BCUT2D eigenvalue weighted by molar-refractivity contribution is 6.32. The molecule has 1 amide bonds. The minimum absolute atomic E-state index is 0. The first-order valence-electron chi connectivity index (χ1n) is 4.85. The molecule has 0 spiro atoms. The van der Waals surface area contributed by atoms with E-state index < -0.39 is 5.91 Å².